The fourth-order valence-electron chi connectivity index (χ4n) is 3.01. The molecule has 1 atom stereocenters. The number of anilines is 1. The van der Waals surface area contributed by atoms with Gasteiger partial charge in [0, 0.05) is 17.9 Å². The molecule has 1 aliphatic rings. The number of rotatable bonds is 2. The highest BCUT2D eigenvalue weighted by molar-refractivity contribution is 5.94. The molecule has 0 radical (unpaired) electrons. The third-order valence-corrected chi connectivity index (χ3v) is 4.07. The molecule has 23 heavy (non-hydrogen) atoms. The van der Waals surface area contributed by atoms with Crippen molar-refractivity contribution in [1.29, 1.82) is 0 Å². The summed E-state index contributed by atoms with van der Waals surface area (Å²) in [7, 11) is 0. The first-order valence-corrected chi connectivity index (χ1v) is 7.41. The van der Waals surface area contributed by atoms with E-state index in [1.807, 2.05) is 36.4 Å². The van der Waals surface area contributed by atoms with Gasteiger partial charge in [-0.2, -0.15) is 5.10 Å². The van der Waals surface area contributed by atoms with Crippen LogP contribution in [-0.4, -0.2) is 15.7 Å². The molecule has 4 rings (SSSR count). The van der Waals surface area contributed by atoms with Gasteiger partial charge in [0.25, 0.3) is 0 Å². The van der Waals surface area contributed by atoms with Crippen molar-refractivity contribution < 1.29 is 9.18 Å². The van der Waals surface area contributed by atoms with Gasteiger partial charge < -0.3 is 5.32 Å². The second kappa shape index (κ2) is 5.35. The van der Waals surface area contributed by atoms with Crippen molar-refractivity contribution in [2.75, 3.05) is 5.32 Å². The monoisotopic (exact) mass is 307 g/mol. The lowest BCUT2D eigenvalue weighted by Gasteiger charge is -2.23. The van der Waals surface area contributed by atoms with Crippen molar-refractivity contribution in [1.82, 2.24) is 9.78 Å². The van der Waals surface area contributed by atoms with Crippen molar-refractivity contribution >= 4 is 11.7 Å². The molecule has 0 aliphatic carbocycles. The summed E-state index contributed by atoms with van der Waals surface area (Å²) in [4.78, 5) is 12.1. The Morgan fingerprint density at radius 2 is 1.96 bits per heavy atom. The van der Waals surface area contributed by atoms with E-state index in [0.717, 1.165) is 16.8 Å². The molecular weight excluding hydrogens is 293 g/mol. The Balaban J connectivity index is 1.83. The normalized spacial score (nSPS) is 16.7. The van der Waals surface area contributed by atoms with E-state index in [1.54, 1.807) is 16.9 Å². The maximum absolute atomic E-state index is 13.5. The molecule has 2 aromatic carbocycles. The molecule has 0 fully saturated rings. The van der Waals surface area contributed by atoms with E-state index in [9.17, 15) is 9.18 Å². The summed E-state index contributed by atoms with van der Waals surface area (Å²) < 4.78 is 15.3. The number of carbonyl (C=O) groups is 1. The minimum absolute atomic E-state index is 0.0931. The zero-order valence-electron chi connectivity index (χ0n) is 12.2. The first kappa shape index (κ1) is 13.7. The number of nitrogens with zero attached hydrogens (tertiary/aromatic N) is 2. The van der Waals surface area contributed by atoms with Crippen LogP contribution in [0.25, 0.3) is 5.69 Å². The predicted octanol–water partition coefficient (Wildman–Crippen LogP) is 3.49. The summed E-state index contributed by atoms with van der Waals surface area (Å²) in [5.74, 6) is 0.0727. The predicted molar refractivity (Wildman–Crippen MR) is 85.1 cm³/mol. The second-order valence-electron chi connectivity index (χ2n) is 5.56. The zero-order chi connectivity index (χ0) is 15.8. The maximum atomic E-state index is 13.5. The average Bonchev–Trinajstić information content (AvgIpc) is 2.98. The number of para-hydroxylation sites is 1. The number of benzene rings is 2. The van der Waals surface area contributed by atoms with Crippen molar-refractivity contribution in [2.24, 2.45) is 0 Å². The minimum Gasteiger partial charge on any atom is -0.310 e. The van der Waals surface area contributed by atoms with Gasteiger partial charge in [-0.3, -0.25) is 4.79 Å². The smallest absolute Gasteiger partial charge is 0.226 e. The molecule has 1 aromatic heterocycles. The first-order chi connectivity index (χ1) is 11.2. The van der Waals surface area contributed by atoms with Crippen molar-refractivity contribution in [3.8, 4) is 5.69 Å². The van der Waals surface area contributed by atoms with E-state index in [1.165, 1.54) is 12.1 Å². The van der Waals surface area contributed by atoms with Gasteiger partial charge in [0.05, 0.1) is 11.9 Å². The van der Waals surface area contributed by atoms with E-state index >= 15 is 0 Å². The zero-order valence-corrected chi connectivity index (χ0v) is 12.2. The molecule has 4 nitrogen and oxygen atoms in total. The average molecular weight is 307 g/mol. The highest BCUT2D eigenvalue weighted by Crippen LogP contribution is 2.38. The molecule has 0 saturated heterocycles. The molecule has 3 aromatic rings. The molecule has 0 unspecified atom stereocenters. The SMILES string of the molecule is O=C1C[C@H](c2cccc(F)c2)c2cnn(-c3ccccc3)c2N1. The Morgan fingerprint density at radius 1 is 1.13 bits per heavy atom. The van der Waals surface area contributed by atoms with E-state index in [-0.39, 0.29) is 24.1 Å². The lowest BCUT2D eigenvalue weighted by Crippen LogP contribution is -2.24. The fourth-order valence-corrected chi connectivity index (χ4v) is 3.01. The summed E-state index contributed by atoms with van der Waals surface area (Å²) in [5, 5.41) is 7.30. The Bertz CT molecular complexity index is 873. The molecule has 1 amide bonds. The summed E-state index contributed by atoms with van der Waals surface area (Å²) in [6.45, 7) is 0. The number of carbonyl (C=O) groups excluding carboxylic acids is 1. The number of hydrogen-bond donors (Lipinski definition) is 1. The van der Waals surface area contributed by atoms with Crippen molar-refractivity contribution in [2.45, 2.75) is 12.3 Å². The number of nitrogens with one attached hydrogen (secondary N) is 1. The number of hydrogen-bond acceptors (Lipinski definition) is 2. The van der Waals surface area contributed by atoms with E-state index in [2.05, 4.69) is 10.4 Å². The number of fused-ring (bicyclic) bond motifs is 1. The van der Waals surface area contributed by atoms with Crippen LogP contribution in [0.1, 0.15) is 23.5 Å². The van der Waals surface area contributed by atoms with Crippen LogP contribution in [0.2, 0.25) is 0 Å². The highest BCUT2D eigenvalue weighted by Gasteiger charge is 2.30. The molecule has 0 spiro atoms. The summed E-state index contributed by atoms with van der Waals surface area (Å²) in [6.07, 6.45) is 2.04. The summed E-state index contributed by atoms with van der Waals surface area (Å²) in [5.41, 5.74) is 2.56. The topological polar surface area (TPSA) is 46.9 Å². The molecular formula is C18H14FN3O. The van der Waals surface area contributed by atoms with Gasteiger partial charge in [-0.25, -0.2) is 9.07 Å². The quantitative estimate of drug-likeness (QED) is 0.788. The maximum Gasteiger partial charge on any atom is 0.226 e. The number of amides is 1. The van der Waals surface area contributed by atoms with Crippen LogP contribution in [-0.2, 0) is 4.79 Å². The lowest BCUT2D eigenvalue weighted by molar-refractivity contribution is -0.116. The molecule has 0 saturated carbocycles. The third kappa shape index (κ3) is 2.40. The van der Waals surface area contributed by atoms with Gasteiger partial charge in [-0.05, 0) is 29.8 Å². The van der Waals surface area contributed by atoms with Crippen LogP contribution in [0.15, 0.2) is 60.8 Å². The largest absolute Gasteiger partial charge is 0.310 e. The fraction of sp³-hybridized carbons (Fsp3) is 0.111. The highest BCUT2D eigenvalue weighted by atomic mass is 19.1. The molecule has 1 aliphatic heterocycles. The number of aromatic nitrogens is 2. The van der Waals surface area contributed by atoms with E-state index in [4.69, 9.17) is 0 Å². The van der Waals surface area contributed by atoms with Crippen LogP contribution in [0, 0.1) is 5.82 Å². The van der Waals surface area contributed by atoms with E-state index in [0.29, 0.717) is 5.82 Å². The lowest BCUT2D eigenvalue weighted by atomic mass is 9.87. The Hall–Kier alpha value is -2.95. The molecule has 5 heteroatoms. The second-order valence-corrected chi connectivity index (χ2v) is 5.56. The number of halogens is 1. The van der Waals surface area contributed by atoms with Gasteiger partial charge in [-0.1, -0.05) is 30.3 Å². The van der Waals surface area contributed by atoms with Gasteiger partial charge in [0.15, 0.2) is 0 Å². The molecule has 114 valence electrons. The third-order valence-electron chi connectivity index (χ3n) is 4.07. The van der Waals surface area contributed by atoms with Gasteiger partial charge >= 0.3 is 0 Å². The Labute approximate surface area is 132 Å². The van der Waals surface area contributed by atoms with Crippen LogP contribution < -0.4 is 5.32 Å². The van der Waals surface area contributed by atoms with Gasteiger partial charge in [0.1, 0.15) is 11.6 Å². The molecule has 1 N–H and O–H groups in total. The minimum atomic E-state index is -0.300. The first-order valence-electron chi connectivity index (χ1n) is 7.41. The van der Waals surface area contributed by atoms with Crippen LogP contribution in [0.3, 0.4) is 0 Å². The van der Waals surface area contributed by atoms with Crippen LogP contribution >= 0.6 is 0 Å². The van der Waals surface area contributed by atoms with Gasteiger partial charge in [-0.15, -0.1) is 0 Å². The van der Waals surface area contributed by atoms with Crippen molar-refractivity contribution in [3.05, 3.63) is 77.7 Å². The molecule has 0 bridgehead atoms. The Kier molecular flexibility index (Phi) is 3.19. The van der Waals surface area contributed by atoms with Gasteiger partial charge in [0.2, 0.25) is 5.91 Å². The molecule has 2 heterocycles. The summed E-state index contributed by atoms with van der Waals surface area (Å²) in [6, 6.07) is 16.0. The Morgan fingerprint density at radius 3 is 2.74 bits per heavy atom. The standard InChI is InChI=1S/C18H14FN3O/c19-13-6-4-5-12(9-13)15-10-17(23)21-18-16(15)11-20-22(18)14-7-2-1-3-8-14/h1-9,11,15H,10H2,(H,21,23)/t15-/m1/s1. The summed E-state index contributed by atoms with van der Waals surface area (Å²) >= 11 is 0. The van der Waals surface area contributed by atoms with E-state index < -0.39 is 0 Å². The van der Waals surface area contributed by atoms with Crippen molar-refractivity contribution in [3.63, 3.8) is 0 Å². The van der Waals surface area contributed by atoms with Crippen LogP contribution in [0.4, 0.5) is 10.2 Å². The van der Waals surface area contributed by atoms with Crippen LogP contribution in [0.5, 0.6) is 0 Å².